The van der Waals surface area contributed by atoms with Gasteiger partial charge in [-0.3, -0.25) is 0 Å². The fourth-order valence-electron chi connectivity index (χ4n) is 4.07. The van der Waals surface area contributed by atoms with E-state index in [1.807, 2.05) is 6.07 Å². The average Bonchev–Trinajstić information content (AvgIpc) is 2.62. The zero-order chi connectivity index (χ0) is 18.6. The smallest absolute Gasteiger partial charge is 0.315 e. The normalized spacial score (nSPS) is 27.7. The van der Waals surface area contributed by atoms with Crippen molar-refractivity contribution in [2.24, 2.45) is 0 Å². The van der Waals surface area contributed by atoms with Crippen LogP contribution < -0.4 is 10.6 Å². The average molecular weight is 380 g/mol. The molecule has 2 amide bonds. The summed E-state index contributed by atoms with van der Waals surface area (Å²) in [7, 11) is -3.19. The van der Waals surface area contributed by atoms with Gasteiger partial charge in [-0.25, -0.2) is 17.5 Å². The summed E-state index contributed by atoms with van der Waals surface area (Å²) in [6.45, 7) is 0.912. The number of nitrogens with zero attached hydrogens (tertiary/aromatic N) is 1. The van der Waals surface area contributed by atoms with Gasteiger partial charge in [0, 0.05) is 25.2 Å². The highest BCUT2D eigenvalue weighted by Gasteiger charge is 2.28. The summed E-state index contributed by atoms with van der Waals surface area (Å²) in [5, 5.41) is 6.03. The highest BCUT2D eigenvalue weighted by molar-refractivity contribution is 7.88. The zero-order valence-corrected chi connectivity index (χ0v) is 16.2. The molecule has 0 radical (unpaired) electrons. The van der Waals surface area contributed by atoms with Crippen LogP contribution >= 0.6 is 0 Å². The lowest BCUT2D eigenvalue weighted by Crippen LogP contribution is -2.53. The van der Waals surface area contributed by atoms with E-state index >= 15 is 0 Å². The van der Waals surface area contributed by atoms with Crippen molar-refractivity contribution in [3.05, 3.63) is 35.9 Å². The molecule has 0 aromatic heterocycles. The van der Waals surface area contributed by atoms with Gasteiger partial charge >= 0.3 is 6.03 Å². The first-order valence-corrected chi connectivity index (χ1v) is 11.3. The Morgan fingerprint density at radius 1 is 1.00 bits per heavy atom. The maximum atomic E-state index is 12.3. The monoisotopic (exact) mass is 379 g/mol. The van der Waals surface area contributed by atoms with E-state index < -0.39 is 10.0 Å². The Labute approximate surface area is 156 Å². The Kier molecular flexibility index (Phi) is 6.19. The van der Waals surface area contributed by atoms with Crippen molar-refractivity contribution >= 4 is 16.1 Å². The van der Waals surface area contributed by atoms with Crippen molar-refractivity contribution in [3.63, 3.8) is 0 Å². The number of carbonyl (C=O) groups is 1. The molecule has 1 heterocycles. The first-order chi connectivity index (χ1) is 12.4. The summed E-state index contributed by atoms with van der Waals surface area (Å²) in [4.78, 5) is 12.3. The molecule has 2 N–H and O–H groups in total. The quantitative estimate of drug-likeness (QED) is 0.843. The topological polar surface area (TPSA) is 78.5 Å². The van der Waals surface area contributed by atoms with Crippen LogP contribution in [0.15, 0.2) is 30.3 Å². The van der Waals surface area contributed by atoms with Gasteiger partial charge in [0.05, 0.1) is 6.26 Å². The Bertz CT molecular complexity index is 700. The zero-order valence-electron chi connectivity index (χ0n) is 15.4. The molecule has 2 aliphatic rings. The lowest BCUT2D eigenvalue weighted by molar-refractivity contribution is 0.217. The first kappa shape index (κ1) is 19.2. The van der Waals surface area contributed by atoms with Crippen molar-refractivity contribution in [2.45, 2.75) is 56.5 Å². The predicted octanol–water partition coefficient (Wildman–Crippen LogP) is 2.44. The van der Waals surface area contributed by atoms with Crippen molar-refractivity contribution in [2.75, 3.05) is 19.3 Å². The molecular weight excluding hydrogens is 350 g/mol. The Morgan fingerprint density at radius 3 is 2.31 bits per heavy atom. The lowest BCUT2D eigenvalue weighted by atomic mass is 9.82. The first-order valence-electron chi connectivity index (χ1n) is 9.49. The molecule has 1 atom stereocenters. The molecule has 1 aromatic rings. The second-order valence-electron chi connectivity index (χ2n) is 7.54. The van der Waals surface area contributed by atoms with Crippen molar-refractivity contribution < 1.29 is 13.2 Å². The molecule has 144 valence electrons. The molecule has 0 bridgehead atoms. The van der Waals surface area contributed by atoms with Crippen LogP contribution in [0.3, 0.4) is 0 Å². The maximum Gasteiger partial charge on any atom is 0.315 e. The van der Waals surface area contributed by atoms with Crippen LogP contribution in [0.4, 0.5) is 4.79 Å². The van der Waals surface area contributed by atoms with Gasteiger partial charge < -0.3 is 10.6 Å². The molecular formula is C19H29N3O3S. The van der Waals surface area contributed by atoms with E-state index in [2.05, 4.69) is 34.9 Å². The second-order valence-corrected chi connectivity index (χ2v) is 9.52. The van der Waals surface area contributed by atoms with E-state index in [0.29, 0.717) is 19.0 Å². The summed E-state index contributed by atoms with van der Waals surface area (Å²) < 4.78 is 24.8. The third-order valence-electron chi connectivity index (χ3n) is 5.52. The predicted molar refractivity (Wildman–Crippen MR) is 103 cm³/mol. The minimum absolute atomic E-state index is 0.112. The second kappa shape index (κ2) is 8.39. The van der Waals surface area contributed by atoms with Crippen molar-refractivity contribution in [1.82, 2.24) is 14.9 Å². The number of urea groups is 1. The molecule has 1 saturated carbocycles. The summed E-state index contributed by atoms with van der Waals surface area (Å²) in [5.74, 6) is 0.582. The van der Waals surface area contributed by atoms with Crippen LogP contribution in [-0.4, -0.2) is 50.2 Å². The summed E-state index contributed by atoms with van der Waals surface area (Å²) in [5.41, 5.74) is 1.39. The van der Waals surface area contributed by atoms with Crippen LogP contribution in [-0.2, 0) is 10.0 Å². The standard InChI is InChI=1S/C19H29N3O3S/c1-26(24,25)22-13-5-8-18(14-22)21-19(23)20-17-11-9-16(10-12-17)15-6-3-2-4-7-15/h2-4,6-7,16-18H,5,8-14H2,1H3,(H2,20,21,23). The fraction of sp³-hybridized carbons (Fsp3) is 0.632. The number of benzene rings is 1. The largest absolute Gasteiger partial charge is 0.335 e. The summed E-state index contributed by atoms with van der Waals surface area (Å²) in [6, 6.07) is 10.5. The number of nitrogens with one attached hydrogen (secondary N) is 2. The van der Waals surface area contributed by atoms with E-state index in [1.165, 1.54) is 16.1 Å². The summed E-state index contributed by atoms with van der Waals surface area (Å²) >= 11 is 0. The molecule has 1 aromatic carbocycles. The lowest BCUT2D eigenvalue weighted by Gasteiger charge is -2.33. The Hall–Kier alpha value is -1.60. The molecule has 3 rings (SSSR count). The minimum atomic E-state index is -3.19. The van der Waals surface area contributed by atoms with Crippen LogP contribution in [0.2, 0.25) is 0 Å². The Morgan fingerprint density at radius 2 is 1.65 bits per heavy atom. The number of rotatable bonds is 4. The van der Waals surface area contributed by atoms with Crippen LogP contribution in [0.1, 0.15) is 50.0 Å². The molecule has 6 nitrogen and oxygen atoms in total. The molecule has 1 saturated heterocycles. The third-order valence-corrected chi connectivity index (χ3v) is 6.79. The van der Waals surface area contributed by atoms with E-state index in [-0.39, 0.29) is 18.1 Å². The molecule has 1 unspecified atom stereocenters. The van der Waals surface area contributed by atoms with Crippen LogP contribution in [0.25, 0.3) is 0 Å². The molecule has 1 aliphatic carbocycles. The highest BCUT2D eigenvalue weighted by atomic mass is 32.2. The SMILES string of the molecule is CS(=O)(=O)N1CCCC(NC(=O)NC2CCC(c3ccccc3)CC2)C1. The van der Waals surface area contributed by atoms with Gasteiger partial charge in [-0.15, -0.1) is 0 Å². The van der Waals surface area contributed by atoms with Gasteiger partial charge in [-0.1, -0.05) is 30.3 Å². The Balaban J connectivity index is 1.43. The highest BCUT2D eigenvalue weighted by Crippen LogP contribution is 2.32. The number of hydrogen-bond donors (Lipinski definition) is 2. The number of piperidine rings is 1. The van der Waals surface area contributed by atoms with E-state index in [0.717, 1.165) is 38.5 Å². The number of sulfonamides is 1. The molecule has 26 heavy (non-hydrogen) atoms. The van der Waals surface area contributed by atoms with Gasteiger partial charge in [-0.05, 0) is 50.0 Å². The number of amides is 2. The minimum Gasteiger partial charge on any atom is -0.335 e. The number of hydrogen-bond acceptors (Lipinski definition) is 3. The van der Waals surface area contributed by atoms with Gasteiger partial charge in [0.1, 0.15) is 0 Å². The van der Waals surface area contributed by atoms with E-state index in [1.54, 1.807) is 0 Å². The molecule has 7 heteroatoms. The third kappa shape index (κ3) is 5.20. The van der Waals surface area contributed by atoms with Gasteiger partial charge in [0.2, 0.25) is 10.0 Å². The van der Waals surface area contributed by atoms with Gasteiger partial charge in [0.15, 0.2) is 0 Å². The maximum absolute atomic E-state index is 12.3. The van der Waals surface area contributed by atoms with Crippen LogP contribution in [0.5, 0.6) is 0 Å². The summed E-state index contributed by atoms with van der Waals surface area (Å²) in [6.07, 6.45) is 6.95. The molecule has 0 spiro atoms. The van der Waals surface area contributed by atoms with Gasteiger partial charge in [-0.2, -0.15) is 0 Å². The molecule has 2 fully saturated rings. The molecule has 1 aliphatic heterocycles. The van der Waals surface area contributed by atoms with Crippen molar-refractivity contribution in [1.29, 1.82) is 0 Å². The van der Waals surface area contributed by atoms with Crippen LogP contribution in [0, 0.1) is 0 Å². The number of carbonyl (C=O) groups excluding carboxylic acids is 1. The van der Waals surface area contributed by atoms with E-state index in [4.69, 9.17) is 0 Å². The van der Waals surface area contributed by atoms with Gasteiger partial charge in [0.25, 0.3) is 0 Å². The van der Waals surface area contributed by atoms with Crippen molar-refractivity contribution in [3.8, 4) is 0 Å². The fourth-order valence-corrected chi connectivity index (χ4v) is 4.98. The van der Waals surface area contributed by atoms with E-state index in [9.17, 15) is 13.2 Å².